The number of H-pyrrole nitrogens is 1. The van der Waals surface area contributed by atoms with E-state index in [0.29, 0.717) is 29.0 Å². The van der Waals surface area contributed by atoms with E-state index < -0.39 is 0 Å². The van der Waals surface area contributed by atoms with Crippen molar-refractivity contribution >= 4 is 17.4 Å². The SMILES string of the molecule is CCc1n[nH]c(=O)c(CNc2cc(Cl)nc(C3CC3)n2)c1CC. The Hall–Kier alpha value is -1.95. The van der Waals surface area contributed by atoms with Crippen LogP contribution in [-0.2, 0) is 19.4 Å². The molecular formula is C16H20ClN5O. The van der Waals surface area contributed by atoms with Gasteiger partial charge in [-0.25, -0.2) is 15.1 Å². The van der Waals surface area contributed by atoms with E-state index in [1.165, 1.54) is 0 Å². The number of nitrogens with one attached hydrogen (secondary N) is 2. The summed E-state index contributed by atoms with van der Waals surface area (Å²) in [6.45, 7) is 4.46. The minimum absolute atomic E-state index is 0.158. The van der Waals surface area contributed by atoms with Crippen LogP contribution < -0.4 is 10.9 Å². The van der Waals surface area contributed by atoms with Gasteiger partial charge in [-0.3, -0.25) is 4.79 Å². The lowest BCUT2D eigenvalue weighted by Gasteiger charge is -2.12. The van der Waals surface area contributed by atoms with Crippen LogP contribution in [0.4, 0.5) is 5.82 Å². The van der Waals surface area contributed by atoms with Crippen molar-refractivity contribution in [1.29, 1.82) is 0 Å². The van der Waals surface area contributed by atoms with E-state index >= 15 is 0 Å². The normalized spacial score (nSPS) is 14.0. The molecule has 6 nitrogen and oxygen atoms in total. The van der Waals surface area contributed by atoms with Crippen molar-refractivity contribution in [2.45, 2.75) is 52.0 Å². The van der Waals surface area contributed by atoms with Gasteiger partial charge in [-0.15, -0.1) is 0 Å². The van der Waals surface area contributed by atoms with E-state index in [1.807, 2.05) is 13.8 Å². The number of aromatic nitrogens is 4. The molecule has 1 aliphatic carbocycles. The molecule has 2 aromatic heterocycles. The summed E-state index contributed by atoms with van der Waals surface area (Å²) in [4.78, 5) is 20.9. The largest absolute Gasteiger partial charge is 0.366 e. The smallest absolute Gasteiger partial charge is 0.269 e. The van der Waals surface area contributed by atoms with Gasteiger partial charge in [0.2, 0.25) is 0 Å². The fourth-order valence-electron chi connectivity index (χ4n) is 2.69. The van der Waals surface area contributed by atoms with Gasteiger partial charge in [0.1, 0.15) is 16.8 Å². The third kappa shape index (κ3) is 3.52. The van der Waals surface area contributed by atoms with Crippen LogP contribution >= 0.6 is 11.6 Å². The molecule has 0 aromatic carbocycles. The van der Waals surface area contributed by atoms with Gasteiger partial charge >= 0.3 is 0 Å². The highest BCUT2D eigenvalue weighted by atomic mass is 35.5. The molecule has 7 heteroatoms. The van der Waals surface area contributed by atoms with Gasteiger partial charge in [0, 0.05) is 24.1 Å². The summed E-state index contributed by atoms with van der Waals surface area (Å²) in [6, 6.07) is 1.69. The zero-order valence-electron chi connectivity index (χ0n) is 13.3. The van der Waals surface area contributed by atoms with E-state index in [4.69, 9.17) is 11.6 Å². The van der Waals surface area contributed by atoms with Crippen LogP contribution in [0.2, 0.25) is 5.15 Å². The molecule has 0 spiro atoms. The summed E-state index contributed by atoms with van der Waals surface area (Å²) in [5.74, 6) is 1.87. The number of aromatic amines is 1. The molecule has 2 heterocycles. The monoisotopic (exact) mass is 333 g/mol. The maximum atomic E-state index is 12.1. The lowest BCUT2D eigenvalue weighted by Crippen LogP contribution is -2.22. The van der Waals surface area contributed by atoms with E-state index in [2.05, 4.69) is 25.5 Å². The number of anilines is 1. The van der Waals surface area contributed by atoms with Crippen LogP contribution in [-0.4, -0.2) is 20.2 Å². The van der Waals surface area contributed by atoms with Crippen molar-refractivity contribution < 1.29 is 0 Å². The highest BCUT2D eigenvalue weighted by molar-refractivity contribution is 6.29. The number of halogens is 1. The molecule has 2 N–H and O–H groups in total. The second kappa shape index (κ2) is 6.66. The van der Waals surface area contributed by atoms with Crippen LogP contribution in [0, 0.1) is 0 Å². The van der Waals surface area contributed by atoms with E-state index in [0.717, 1.165) is 42.8 Å². The Bertz CT molecular complexity index is 770. The summed E-state index contributed by atoms with van der Waals surface area (Å²) in [6.07, 6.45) is 3.79. The molecule has 1 fully saturated rings. The minimum atomic E-state index is -0.158. The molecule has 0 amide bonds. The van der Waals surface area contributed by atoms with Gasteiger partial charge in [0.15, 0.2) is 0 Å². The molecule has 23 heavy (non-hydrogen) atoms. The molecule has 1 saturated carbocycles. The van der Waals surface area contributed by atoms with Gasteiger partial charge < -0.3 is 5.32 Å². The molecule has 0 unspecified atom stereocenters. The Labute approximate surface area is 139 Å². The predicted octanol–water partition coefficient (Wildman–Crippen LogP) is 2.83. The Morgan fingerprint density at radius 3 is 2.70 bits per heavy atom. The van der Waals surface area contributed by atoms with Crippen molar-refractivity contribution in [2.24, 2.45) is 0 Å². The first-order valence-electron chi connectivity index (χ1n) is 8.00. The zero-order chi connectivity index (χ0) is 16.4. The van der Waals surface area contributed by atoms with Crippen molar-refractivity contribution in [3.63, 3.8) is 0 Å². The van der Waals surface area contributed by atoms with Gasteiger partial charge in [-0.2, -0.15) is 5.10 Å². The zero-order valence-corrected chi connectivity index (χ0v) is 14.1. The van der Waals surface area contributed by atoms with Crippen molar-refractivity contribution in [3.05, 3.63) is 44.2 Å². The summed E-state index contributed by atoms with van der Waals surface area (Å²) < 4.78 is 0. The minimum Gasteiger partial charge on any atom is -0.366 e. The van der Waals surface area contributed by atoms with Crippen molar-refractivity contribution in [3.8, 4) is 0 Å². The lowest BCUT2D eigenvalue weighted by molar-refractivity contribution is 0.824. The first kappa shape index (κ1) is 15.9. The molecule has 122 valence electrons. The number of hydrogen-bond donors (Lipinski definition) is 2. The third-order valence-electron chi connectivity index (χ3n) is 4.07. The van der Waals surface area contributed by atoms with E-state index in [9.17, 15) is 4.79 Å². The molecule has 1 aliphatic rings. The average Bonchev–Trinajstić information content (AvgIpc) is 3.37. The summed E-state index contributed by atoms with van der Waals surface area (Å²) >= 11 is 6.07. The fraction of sp³-hybridized carbons (Fsp3) is 0.500. The van der Waals surface area contributed by atoms with Crippen LogP contribution in [0.5, 0.6) is 0 Å². The maximum Gasteiger partial charge on any atom is 0.269 e. The molecule has 0 saturated heterocycles. The van der Waals surface area contributed by atoms with Crippen LogP contribution in [0.3, 0.4) is 0 Å². The maximum absolute atomic E-state index is 12.1. The molecule has 0 radical (unpaired) electrons. The quantitative estimate of drug-likeness (QED) is 0.794. The topological polar surface area (TPSA) is 83.6 Å². The van der Waals surface area contributed by atoms with Crippen molar-refractivity contribution in [2.75, 3.05) is 5.32 Å². The first-order chi connectivity index (χ1) is 11.1. The lowest BCUT2D eigenvalue weighted by atomic mass is 10.0. The van der Waals surface area contributed by atoms with Crippen LogP contribution in [0.25, 0.3) is 0 Å². The second-order valence-corrected chi connectivity index (χ2v) is 6.11. The molecular weight excluding hydrogens is 314 g/mol. The standard InChI is InChI=1S/C16H20ClN5O/c1-3-10-11(16(23)22-21-12(10)4-2)8-18-14-7-13(17)19-15(20-14)9-5-6-9/h7,9H,3-6,8H2,1-2H3,(H,22,23)(H,18,19,20). The predicted molar refractivity (Wildman–Crippen MR) is 90.0 cm³/mol. The van der Waals surface area contributed by atoms with Gasteiger partial charge in [0.25, 0.3) is 5.56 Å². The Kier molecular flexibility index (Phi) is 4.61. The number of aryl methyl sites for hydroxylation is 1. The van der Waals surface area contributed by atoms with Crippen LogP contribution in [0.1, 0.15) is 55.3 Å². The summed E-state index contributed by atoms with van der Waals surface area (Å²) in [7, 11) is 0. The molecule has 0 atom stereocenters. The Morgan fingerprint density at radius 2 is 2.04 bits per heavy atom. The summed E-state index contributed by atoms with van der Waals surface area (Å²) in [5.41, 5.74) is 2.49. The number of nitrogens with zero attached hydrogens (tertiary/aromatic N) is 3. The van der Waals surface area contributed by atoms with Gasteiger partial charge in [0.05, 0.1) is 5.69 Å². The number of hydrogen-bond acceptors (Lipinski definition) is 5. The highest BCUT2D eigenvalue weighted by Gasteiger charge is 2.27. The fourth-order valence-corrected chi connectivity index (χ4v) is 2.88. The first-order valence-corrected chi connectivity index (χ1v) is 8.37. The van der Waals surface area contributed by atoms with Gasteiger partial charge in [-0.1, -0.05) is 25.4 Å². The summed E-state index contributed by atoms with van der Waals surface area (Å²) in [5, 5.41) is 10.3. The average molecular weight is 334 g/mol. The molecule has 2 aromatic rings. The second-order valence-electron chi connectivity index (χ2n) is 5.73. The van der Waals surface area contributed by atoms with Gasteiger partial charge in [-0.05, 0) is 31.2 Å². The van der Waals surface area contributed by atoms with E-state index in [1.54, 1.807) is 6.07 Å². The molecule has 3 rings (SSSR count). The third-order valence-corrected chi connectivity index (χ3v) is 4.26. The highest BCUT2D eigenvalue weighted by Crippen LogP contribution is 2.38. The Balaban J connectivity index is 1.85. The molecule has 0 bridgehead atoms. The Morgan fingerprint density at radius 1 is 1.26 bits per heavy atom. The molecule has 0 aliphatic heterocycles. The van der Waals surface area contributed by atoms with Crippen LogP contribution in [0.15, 0.2) is 10.9 Å². The van der Waals surface area contributed by atoms with E-state index in [-0.39, 0.29) is 5.56 Å². The van der Waals surface area contributed by atoms with Crippen molar-refractivity contribution in [1.82, 2.24) is 20.2 Å². The number of rotatable bonds is 6.